The molecule has 9 heteroatoms. The predicted molar refractivity (Wildman–Crippen MR) is 89.6 cm³/mol. The fourth-order valence-corrected chi connectivity index (χ4v) is 4.88. The van der Waals surface area contributed by atoms with Crippen LogP contribution >= 0.6 is 30.0 Å². The molecular formula is C12H25INO6P. The van der Waals surface area contributed by atoms with E-state index in [9.17, 15) is 9.36 Å². The van der Waals surface area contributed by atoms with Crippen molar-refractivity contribution in [3.05, 3.63) is 0 Å². The summed E-state index contributed by atoms with van der Waals surface area (Å²) >= 11 is 2.04. The molecule has 1 unspecified atom stereocenters. The van der Waals surface area contributed by atoms with Gasteiger partial charge in [-0.25, -0.2) is 4.79 Å². The van der Waals surface area contributed by atoms with Gasteiger partial charge in [-0.1, -0.05) is 29.5 Å². The third kappa shape index (κ3) is 8.35. The van der Waals surface area contributed by atoms with Crippen molar-refractivity contribution in [1.82, 2.24) is 5.32 Å². The lowest BCUT2D eigenvalue weighted by Gasteiger charge is -2.33. The van der Waals surface area contributed by atoms with Crippen LogP contribution in [0.25, 0.3) is 0 Å². The zero-order valence-corrected chi connectivity index (χ0v) is 16.0. The van der Waals surface area contributed by atoms with Gasteiger partial charge >= 0.3 is 6.09 Å². The third-order valence-electron chi connectivity index (χ3n) is 2.64. The minimum absolute atomic E-state index is 0.106. The number of hydrogen-bond donors (Lipinski definition) is 2. The van der Waals surface area contributed by atoms with Gasteiger partial charge < -0.3 is 19.9 Å². The Labute approximate surface area is 139 Å². The van der Waals surface area contributed by atoms with Gasteiger partial charge in [0.05, 0.1) is 6.04 Å². The molecule has 2 atom stereocenters. The maximum atomic E-state index is 12.9. The van der Waals surface area contributed by atoms with Gasteiger partial charge in [-0.3, -0.25) is 9.09 Å². The maximum absolute atomic E-state index is 12.9. The molecule has 0 rings (SSSR count). The van der Waals surface area contributed by atoms with Crippen LogP contribution in [-0.2, 0) is 18.6 Å². The predicted octanol–water partition coefficient (Wildman–Crippen LogP) is 3.12. The van der Waals surface area contributed by atoms with E-state index < -0.39 is 25.5 Å². The van der Waals surface area contributed by atoms with Crippen LogP contribution < -0.4 is 5.32 Å². The van der Waals surface area contributed by atoms with Crippen LogP contribution in [0.4, 0.5) is 4.79 Å². The molecule has 0 fully saturated rings. The molecule has 0 radical (unpaired) electrons. The smallest absolute Gasteiger partial charge is 0.404 e. The highest BCUT2D eigenvalue weighted by Crippen LogP contribution is 2.51. The fraction of sp³-hybridized carbons (Fsp3) is 0.917. The lowest BCUT2D eigenvalue weighted by atomic mass is 10.4. The van der Waals surface area contributed by atoms with Crippen LogP contribution in [0.5, 0.6) is 0 Å². The molecule has 0 spiro atoms. The Morgan fingerprint density at radius 1 is 1.33 bits per heavy atom. The number of nitrogens with one attached hydrogen (secondary N) is 1. The van der Waals surface area contributed by atoms with Crippen molar-refractivity contribution < 1.29 is 28.5 Å². The summed E-state index contributed by atoms with van der Waals surface area (Å²) in [5, 5.41) is 11.1. The number of amides is 1. The molecular weight excluding hydrogens is 412 g/mol. The van der Waals surface area contributed by atoms with Gasteiger partial charge in [0.1, 0.15) is 0 Å². The van der Waals surface area contributed by atoms with Gasteiger partial charge in [0, 0.05) is 36.9 Å². The van der Waals surface area contributed by atoms with Crippen LogP contribution in [0.15, 0.2) is 0 Å². The van der Waals surface area contributed by atoms with Crippen LogP contribution in [0.3, 0.4) is 0 Å². The van der Waals surface area contributed by atoms with Gasteiger partial charge in [0.25, 0.3) is 5.97 Å². The zero-order valence-electron chi connectivity index (χ0n) is 12.9. The topological polar surface area (TPSA) is 94.1 Å². The van der Waals surface area contributed by atoms with Crippen LogP contribution in [0, 0.1) is 0 Å². The van der Waals surface area contributed by atoms with Gasteiger partial charge in [-0.05, 0) is 13.8 Å². The number of rotatable bonds is 11. The quantitative estimate of drug-likeness (QED) is 0.223. The molecule has 0 aliphatic carbocycles. The normalized spacial score (nSPS) is 16.2. The molecule has 2 N–H and O–H groups in total. The molecule has 0 bridgehead atoms. The van der Waals surface area contributed by atoms with Crippen molar-refractivity contribution in [3.8, 4) is 0 Å². The summed E-state index contributed by atoms with van der Waals surface area (Å²) in [5.41, 5.74) is 0. The van der Waals surface area contributed by atoms with E-state index >= 15 is 0 Å². The minimum Gasteiger partial charge on any atom is -0.465 e. The highest BCUT2D eigenvalue weighted by atomic mass is 127. The van der Waals surface area contributed by atoms with Gasteiger partial charge in [-0.2, -0.15) is 0 Å². The highest BCUT2D eigenvalue weighted by molar-refractivity contribution is 14.1. The molecule has 21 heavy (non-hydrogen) atoms. The van der Waals surface area contributed by atoms with Gasteiger partial charge in [0.15, 0.2) is 0 Å². The van der Waals surface area contributed by atoms with E-state index in [1.165, 1.54) is 0 Å². The van der Waals surface area contributed by atoms with Crippen molar-refractivity contribution in [1.29, 1.82) is 0 Å². The van der Waals surface area contributed by atoms with Crippen LogP contribution in [0.1, 0.15) is 27.7 Å². The number of alkyl halides is 1. The molecule has 0 aromatic heterocycles. The second-order valence-corrected chi connectivity index (χ2v) is 8.12. The largest absolute Gasteiger partial charge is 0.465 e. The summed E-state index contributed by atoms with van der Waals surface area (Å²) in [5.74, 6) is -1.38. The van der Waals surface area contributed by atoms with E-state index in [1.807, 2.05) is 22.6 Å². The molecule has 0 aliphatic rings. The average molecular weight is 437 g/mol. The summed E-state index contributed by atoms with van der Waals surface area (Å²) in [7, 11) is -3.09. The maximum Gasteiger partial charge on any atom is 0.404 e. The first-order valence-corrected chi connectivity index (χ1v) is 10.4. The van der Waals surface area contributed by atoms with Crippen LogP contribution in [0.2, 0.25) is 0 Å². The Kier molecular flexibility index (Phi) is 10.0. The monoisotopic (exact) mass is 437 g/mol. The molecule has 7 nitrogen and oxygen atoms in total. The van der Waals surface area contributed by atoms with Crippen molar-refractivity contribution in [3.63, 3.8) is 0 Å². The molecule has 0 aromatic carbocycles. The van der Waals surface area contributed by atoms with E-state index in [0.29, 0.717) is 17.6 Å². The first-order valence-electron chi connectivity index (χ1n) is 6.86. The standard InChI is InChI=1S/C12H25INO6P/c1-5-18-12(4,19-6-2)20-21(17,7-3)9-10(8-13)14-11(15)16/h10,14H,5-9H2,1-4H3,(H,15,16)/t10-,21?/m1/s1. The highest BCUT2D eigenvalue weighted by Gasteiger charge is 2.37. The number of halogens is 1. The second-order valence-electron chi connectivity index (χ2n) is 4.43. The second kappa shape index (κ2) is 9.99. The lowest BCUT2D eigenvalue weighted by Crippen LogP contribution is -2.40. The summed E-state index contributed by atoms with van der Waals surface area (Å²) < 4.78 is 29.8. The summed E-state index contributed by atoms with van der Waals surface area (Å²) in [6.45, 7) is 7.59. The molecule has 0 saturated carbocycles. The van der Waals surface area contributed by atoms with E-state index in [4.69, 9.17) is 19.1 Å². The molecule has 0 aromatic rings. The zero-order chi connectivity index (χ0) is 16.5. The average Bonchev–Trinajstić information content (AvgIpc) is 2.37. The number of ether oxygens (including phenoxy) is 2. The number of hydrogen-bond acceptors (Lipinski definition) is 5. The van der Waals surface area contributed by atoms with Gasteiger partial charge in [-0.15, -0.1) is 0 Å². The van der Waals surface area contributed by atoms with E-state index in [1.54, 1.807) is 27.7 Å². The SMILES string of the molecule is CCOC(C)(OCC)OP(=O)(CC)C[C@@H](CI)NC(=O)O. The van der Waals surface area contributed by atoms with Crippen molar-refractivity contribution in [2.45, 2.75) is 39.7 Å². The summed E-state index contributed by atoms with van der Waals surface area (Å²) in [6, 6.07) is -0.443. The summed E-state index contributed by atoms with van der Waals surface area (Å²) in [4.78, 5) is 10.7. The molecule has 0 aliphatic heterocycles. The third-order valence-corrected chi connectivity index (χ3v) is 6.33. The van der Waals surface area contributed by atoms with E-state index in [0.717, 1.165) is 0 Å². The number of carboxylic acid groups (broad SMARTS) is 1. The lowest BCUT2D eigenvalue weighted by molar-refractivity contribution is -0.328. The van der Waals surface area contributed by atoms with Crippen molar-refractivity contribution in [2.24, 2.45) is 0 Å². The van der Waals surface area contributed by atoms with E-state index in [-0.39, 0.29) is 12.3 Å². The van der Waals surface area contributed by atoms with E-state index in [2.05, 4.69) is 5.32 Å². The fourth-order valence-electron chi connectivity index (χ4n) is 1.80. The first-order chi connectivity index (χ1) is 9.74. The Balaban J connectivity index is 4.98. The minimum atomic E-state index is -3.09. The molecule has 0 saturated heterocycles. The van der Waals surface area contributed by atoms with Crippen molar-refractivity contribution in [2.75, 3.05) is 30.0 Å². The molecule has 126 valence electrons. The van der Waals surface area contributed by atoms with Crippen LogP contribution in [-0.4, -0.2) is 53.2 Å². The molecule has 1 amide bonds. The summed E-state index contributed by atoms with van der Waals surface area (Å²) in [6.07, 6.45) is -0.761. The Morgan fingerprint density at radius 2 is 1.86 bits per heavy atom. The van der Waals surface area contributed by atoms with Gasteiger partial charge in [0.2, 0.25) is 7.37 Å². The molecule has 0 heterocycles. The Hall–Kier alpha value is 0.110. The van der Waals surface area contributed by atoms with Crippen molar-refractivity contribution >= 4 is 36.1 Å². The Morgan fingerprint density at radius 3 is 2.19 bits per heavy atom. The number of carbonyl (C=O) groups is 1. The Bertz CT molecular complexity index is 362. The first kappa shape index (κ1) is 21.1.